The average Bonchev–Trinajstić information content (AvgIpc) is 3.11. The molecule has 0 radical (unpaired) electrons. The van der Waals surface area contributed by atoms with Gasteiger partial charge < -0.3 is 14.5 Å². The molecule has 0 aromatic heterocycles. The van der Waals surface area contributed by atoms with Gasteiger partial charge >= 0.3 is 0 Å². The minimum Gasteiger partial charge on any atom is -0.488 e. The van der Waals surface area contributed by atoms with Crippen molar-refractivity contribution in [3.63, 3.8) is 0 Å². The van der Waals surface area contributed by atoms with Crippen molar-refractivity contribution in [2.24, 2.45) is 0 Å². The molecular formula is C27H29N2O2+. The van der Waals surface area contributed by atoms with E-state index in [4.69, 9.17) is 4.74 Å². The first-order valence-corrected chi connectivity index (χ1v) is 11.1. The molecule has 0 bridgehead atoms. The molecule has 3 aromatic rings. The summed E-state index contributed by atoms with van der Waals surface area (Å²) < 4.78 is 6.11. The van der Waals surface area contributed by atoms with Gasteiger partial charge in [0.25, 0.3) is 5.91 Å². The molecule has 1 unspecified atom stereocenters. The number of likely N-dealkylation sites (N-methyl/N-ethyl adjacent to an activating group) is 1. The highest BCUT2D eigenvalue weighted by Gasteiger charge is 2.46. The maximum atomic E-state index is 13.9. The molecule has 2 heterocycles. The highest BCUT2D eigenvalue weighted by atomic mass is 16.5. The molecule has 0 spiro atoms. The van der Waals surface area contributed by atoms with Gasteiger partial charge in [0, 0.05) is 12.1 Å². The number of hydrogen-bond donors (Lipinski definition) is 1. The molecule has 31 heavy (non-hydrogen) atoms. The summed E-state index contributed by atoms with van der Waals surface area (Å²) in [6.45, 7) is 4.73. The van der Waals surface area contributed by atoms with Crippen molar-refractivity contribution < 1.29 is 14.4 Å². The molecule has 2 aliphatic rings. The zero-order chi connectivity index (χ0) is 21.4. The Morgan fingerprint density at radius 3 is 2.68 bits per heavy atom. The number of ether oxygens (including phenoxy) is 1. The van der Waals surface area contributed by atoms with Gasteiger partial charge in [0.15, 0.2) is 0 Å². The number of carbonyl (C=O) groups is 1. The van der Waals surface area contributed by atoms with E-state index in [0.717, 1.165) is 30.8 Å². The van der Waals surface area contributed by atoms with Crippen LogP contribution in [0.4, 0.5) is 5.69 Å². The van der Waals surface area contributed by atoms with Crippen molar-refractivity contribution in [1.82, 2.24) is 0 Å². The van der Waals surface area contributed by atoms with Crippen molar-refractivity contribution >= 4 is 11.6 Å². The van der Waals surface area contributed by atoms with Crippen LogP contribution in [0.1, 0.15) is 39.4 Å². The second kappa shape index (κ2) is 8.20. The third-order valence-corrected chi connectivity index (χ3v) is 6.65. The van der Waals surface area contributed by atoms with Gasteiger partial charge in [-0.05, 0) is 36.2 Å². The normalized spacial score (nSPS) is 22.0. The minimum absolute atomic E-state index is 0.0424. The summed E-state index contributed by atoms with van der Waals surface area (Å²) in [5.41, 5.74) is 5.36. The Hall–Kier alpha value is -3.11. The number of anilines is 1. The predicted molar refractivity (Wildman–Crippen MR) is 123 cm³/mol. The fourth-order valence-corrected chi connectivity index (χ4v) is 5.10. The summed E-state index contributed by atoms with van der Waals surface area (Å²) in [7, 11) is 2.25. The first-order chi connectivity index (χ1) is 15.1. The van der Waals surface area contributed by atoms with Gasteiger partial charge in [-0.3, -0.25) is 4.79 Å². The molecule has 158 valence electrons. The summed E-state index contributed by atoms with van der Waals surface area (Å²) >= 11 is 0. The van der Waals surface area contributed by atoms with E-state index >= 15 is 0 Å². The van der Waals surface area contributed by atoms with Crippen molar-refractivity contribution in [2.75, 3.05) is 25.0 Å². The van der Waals surface area contributed by atoms with E-state index < -0.39 is 0 Å². The van der Waals surface area contributed by atoms with E-state index in [-0.39, 0.29) is 11.9 Å². The van der Waals surface area contributed by atoms with Crippen LogP contribution in [0, 0.1) is 6.92 Å². The molecule has 1 amide bonds. The van der Waals surface area contributed by atoms with Crippen LogP contribution in [0.5, 0.6) is 5.75 Å². The van der Waals surface area contributed by atoms with Crippen LogP contribution in [-0.4, -0.2) is 32.1 Å². The summed E-state index contributed by atoms with van der Waals surface area (Å²) in [6, 6.07) is 24.5. The van der Waals surface area contributed by atoms with E-state index in [2.05, 4.69) is 37.1 Å². The average molecular weight is 414 g/mol. The lowest BCUT2D eigenvalue weighted by Gasteiger charge is -2.34. The molecule has 1 saturated heterocycles. The number of likely N-dealkylation sites (tertiary alicyclic amines) is 1. The van der Waals surface area contributed by atoms with Crippen LogP contribution in [0.15, 0.2) is 72.8 Å². The largest absolute Gasteiger partial charge is 0.488 e. The molecular weight excluding hydrogens is 384 g/mol. The molecule has 1 N–H and O–H groups in total. The molecule has 5 rings (SSSR count). The second-order valence-electron chi connectivity index (χ2n) is 8.88. The number of para-hydroxylation sites is 1. The number of carbonyl (C=O) groups excluding carboxylic acids is 1. The number of nitrogens with one attached hydrogen (secondary N) is 1. The first kappa shape index (κ1) is 19.8. The fourth-order valence-electron chi connectivity index (χ4n) is 5.10. The van der Waals surface area contributed by atoms with Crippen molar-refractivity contribution in [3.05, 3.63) is 95.1 Å². The Morgan fingerprint density at radius 1 is 1.06 bits per heavy atom. The lowest BCUT2D eigenvalue weighted by Crippen LogP contribution is -3.11. The first-order valence-electron chi connectivity index (χ1n) is 11.1. The van der Waals surface area contributed by atoms with Gasteiger partial charge in [0.2, 0.25) is 0 Å². The zero-order valence-corrected chi connectivity index (χ0v) is 18.2. The number of benzene rings is 3. The van der Waals surface area contributed by atoms with Crippen LogP contribution in [-0.2, 0) is 6.61 Å². The molecule has 4 nitrogen and oxygen atoms in total. The van der Waals surface area contributed by atoms with Gasteiger partial charge in [-0.15, -0.1) is 0 Å². The van der Waals surface area contributed by atoms with Crippen LogP contribution < -0.4 is 14.5 Å². The number of amides is 1. The maximum Gasteiger partial charge on any atom is 0.262 e. The Bertz CT molecular complexity index is 1100. The van der Waals surface area contributed by atoms with E-state index in [0.29, 0.717) is 23.8 Å². The summed E-state index contributed by atoms with van der Waals surface area (Å²) in [5.74, 6) is 1.08. The molecule has 3 atom stereocenters. The van der Waals surface area contributed by atoms with E-state index in [9.17, 15) is 4.79 Å². The Kier molecular flexibility index (Phi) is 5.24. The van der Waals surface area contributed by atoms with Gasteiger partial charge in [0.1, 0.15) is 12.4 Å². The van der Waals surface area contributed by atoms with Gasteiger partial charge in [-0.1, -0.05) is 60.2 Å². The van der Waals surface area contributed by atoms with E-state index in [1.165, 1.54) is 16.0 Å². The van der Waals surface area contributed by atoms with Crippen molar-refractivity contribution in [1.29, 1.82) is 0 Å². The number of hydrogen-bond acceptors (Lipinski definition) is 2. The number of aryl methyl sites for hydroxylation is 1. The smallest absolute Gasteiger partial charge is 0.262 e. The predicted octanol–water partition coefficient (Wildman–Crippen LogP) is 3.61. The highest BCUT2D eigenvalue weighted by molar-refractivity contribution is 6.09. The second-order valence-corrected chi connectivity index (χ2v) is 8.88. The number of piperidine rings is 1. The van der Waals surface area contributed by atoms with Crippen molar-refractivity contribution in [2.45, 2.75) is 31.9 Å². The number of quaternary nitrogens is 1. The number of rotatable bonds is 4. The van der Waals surface area contributed by atoms with Crippen LogP contribution in [0.3, 0.4) is 0 Å². The Morgan fingerprint density at radius 2 is 1.84 bits per heavy atom. The summed E-state index contributed by atoms with van der Waals surface area (Å²) in [4.78, 5) is 17.5. The fraction of sp³-hybridized carbons (Fsp3) is 0.296. The third-order valence-electron chi connectivity index (χ3n) is 6.65. The van der Waals surface area contributed by atoms with Crippen LogP contribution in [0.2, 0.25) is 0 Å². The topological polar surface area (TPSA) is 34.0 Å². The number of fused-ring (bicyclic) bond motifs is 3. The summed E-state index contributed by atoms with van der Waals surface area (Å²) in [6.07, 6.45) is 1.02. The highest BCUT2D eigenvalue weighted by Crippen LogP contribution is 2.44. The molecule has 1 fully saturated rings. The Labute approximate surface area is 184 Å². The SMILES string of the molecule is Cc1ccc2c(c1)[C@H]1C[NH+](C)CC[C@@H]1N2C(=O)c1ccccc1OCc1ccccc1. The van der Waals surface area contributed by atoms with E-state index in [1.54, 1.807) is 0 Å². The van der Waals surface area contributed by atoms with Crippen LogP contribution in [0.25, 0.3) is 0 Å². The summed E-state index contributed by atoms with van der Waals surface area (Å²) in [5, 5.41) is 0. The molecule has 4 heteroatoms. The molecule has 0 aliphatic carbocycles. The van der Waals surface area contributed by atoms with Crippen LogP contribution >= 0.6 is 0 Å². The minimum atomic E-state index is 0.0424. The van der Waals surface area contributed by atoms with E-state index in [1.807, 2.05) is 54.6 Å². The lowest BCUT2D eigenvalue weighted by molar-refractivity contribution is -0.886. The quantitative estimate of drug-likeness (QED) is 0.709. The molecule has 2 aliphatic heterocycles. The molecule has 3 aromatic carbocycles. The van der Waals surface area contributed by atoms with Gasteiger partial charge in [-0.25, -0.2) is 0 Å². The Balaban J connectivity index is 1.48. The standard InChI is InChI=1S/C27H28N2O2/c1-19-12-13-24-22(16-19)23-17-28(2)15-14-25(23)29(24)27(30)21-10-6-7-11-26(21)31-18-20-8-4-3-5-9-20/h3-13,16,23,25H,14-15,17-18H2,1-2H3/p+1/t23-,25+/m1/s1. The number of nitrogens with zero attached hydrogens (tertiary/aromatic N) is 1. The zero-order valence-electron chi connectivity index (χ0n) is 18.2. The lowest BCUT2D eigenvalue weighted by atomic mass is 9.88. The van der Waals surface area contributed by atoms with Gasteiger partial charge in [-0.2, -0.15) is 0 Å². The monoisotopic (exact) mass is 413 g/mol. The molecule has 0 saturated carbocycles. The van der Waals surface area contributed by atoms with Gasteiger partial charge in [0.05, 0.1) is 37.7 Å². The maximum absolute atomic E-state index is 13.9. The van der Waals surface area contributed by atoms with Crippen molar-refractivity contribution in [3.8, 4) is 5.75 Å². The third kappa shape index (κ3) is 3.72.